The van der Waals surface area contributed by atoms with E-state index in [1.165, 1.54) is 77.9 Å². The van der Waals surface area contributed by atoms with Crippen molar-refractivity contribution < 1.29 is 14.0 Å². The number of thiazole rings is 1. The van der Waals surface area contributed by atoms with Gasteiger partial charge in [-0.2, -0.15) is 0 Å². The molecule has 49 heavy (non-hydrogen) atoms. The molecular formula is C42H58N2O3SSi. The minimum absolute atomic E-state index is 0.0535. The molecule has 2 bridgehead atoms. The molecule has 5 fully saturated rings. The lowest BCUT2D eigenvalue weighted by Gasteiger charge is -2.55. The van der Waals surface area contributed by atoms with Gasteiger partial charge in [-0.3, -0.25) is 4.79 Å². The Morgan fingerprint density at radius 2 is 1.65 bits per heavy atom. The molecule has 0 atom stereocenters. The second-order valence-electron chi connectivity index (χ2n) is 17.6. The van der Waals surface area contributed by atoms with Crippen LogP contribution < -0.4 is 9.64 Å². The highest BCUT2D eigenvalue weighted by Gasteiger charge is 2.51. The van der Waals surface area contributed by atoms with Crippen molar-refractivity contribution >= 4 is 31.2 Å². The minimum Gasteiger partial charge on any atom is -0.496 e. The predicted octanol–water partition coefficient (Wildman–Crippen LogP) is 11.2. The molecule has 8 rings (SSSR count). The first-order valence-corrected chi connectivity index (χ1v) is 22.7. The van der Waals surface area contributed by atoms with Crippen LogP contribution in [-0.4, -0.2) is 39.0 Å². The zero-order valence-corrected chi connectivity index (χ0v) is 32.9. The van der Waals surface area contributed by atoms with Gasteiger partial charge in [-0.05, 0) is 148 Å². The zero-order valence-electron chi connectivity index (χ0n) is 31.1. The third kappa shape index (κ3) is 7.06. The largest absolute Gasteiger partial charge is 0.496 e. The van der Waals surface area contributed by atoms with Crippen LogP contribution in [0.5, 0.6) is 5.75 Å². The number of ether oxygens (including phenoxy) is 1. The van der Waals surface area contributed by atoms with E-state index in [0.29, 0.717) is 11.8 Å². The predicted molar refractivity (Wildman–Crippen MR) is 205 cm³/mol. The smallest absolute Gasteiger partial charge is 0.230 e. The number of anilines is 1. The van der Waals surface area contributed by atoms with Gasteiger partial charge in [0.2, 0.25) is 5.91 Å². The summed E-state index contributed by atoms with van der Waals surface area (Å²) in [5, 5.41) is 1.46. The fourth-order valence-corrected chi connectivity index (χ4v) is 11.3. The number of aromatic nitrogens is 1. The molecule has 1 aromatic heterocycles. The van der Waals surface area contributed by atoms with E-state index in [-0.39, 0.29) is 27.9 Å². The number of hydrogen-bond donors (Lipinski definition) is 0. The van der Waals surface area contributed by atoms with Crippen molar-refractivity contribution in [3.05, 3.63) is 64.8 Å². The van der Waals surface area contributed by atoms with Crippen LogP contribution in [0.2, 0.25) is 18.1 Å². The summed E-state index contributed by atoms with van der Waals surface area (Å²) >= 11 is 1.83. The number of hydrogen-bond acceptors (Lipinski definition) is 5. The average molecular weight is 699 g/mol. The standard InChI is InChI=1S/C42H58N2O3SSi/c1-29-25-33(15-18-36(29)46-5)42-22-19-41(20-23-42,21-24-42)28-44(34-10-8-9-32(26-34)37-27-43-38(48-37)30-11-12-30)39(45)31-13-16-35(17-14-31)47-49(6,7)40(2,3)4/h8-10,15,18,25-27,30-31,35H,11-14,16-17,19-24,28H2,1-7H3. The van der Waals surface area contributed by atoms with Crippen LogP contribution in [0.15, 0.2) is 48.7 Å². The third-order valence-corrected chi connectivity index (χ3v) is 19.1. The molecule has 5 saturated carbocycles. The maximum Gasteiger partial charge on any atom is 0.230 e. The van der Waals surface area contributed by atoms with Crippen LogP contribution >= 0.6 is 11.3 Å². The Balaban J connectivity index is 1.11. The number of amides is 1. The summed E-state index contributed by atoms with van der Waals surface area (Å²) in [5.74, 6) is 2.01. The Bertz CT molecular complexity index is 1640. The average Bonchev–Trinajstić information content (AvgIpc) is 3.83. The lowest BCUT2D eigenvalue weighted by Crippen LogP contribution is -2.52. The van der Waals surface area contributed by atoms with Gasteiger partial charge in [-0.1, -0.05) is 45.0 Å². The van der Waals surface area contributed by atoms with Crippen LogP contribution in [0, 0.1) is 18.3 Å². The number of rotatable bonds is 10. The number of carbonyl (C=O) groups excluding carboxylic acids is 1. The number of benzene rings is 2. The molecule has 0 saturated heterocycles. The molecular weight excluding hydrogens is 641 g/mol. The van der Waals surface area contributed by atoms with Crippen LogP contribution in [-0.2, 0) is 14.6 Å². The number of nitrogens with zero attached hydrogens (tertiary/aromatic N) is 2. The molecule has 264 valence electrons. The van der Waals surface area contributed by atoms with Gasteiger partial charge in [0, 0.05) is 36.4 Å². The second-order valence-corrected chi connectivity index (χ2v) is 23.4. The minimum atomic E-state index is -1.84. The molecule has 0 aliphatic heterocycles. The highest BCUT2D eigenvalue weighted by Crippen LogP contribution is 2.58. The van der Waals surface area contributed by atoms with Gasteiger partial charge in [0.15, 0.2) is 8.32 Å². The number of fused-ring (bicyclic) bond motifs is 3. The fraction of sp³-hybridized carbons (Fsp3) is 0.619. The Hall–Kier alpha value is -2.48. The van der Waals surface area contributed by atoms with Gasteiger partial charge in [0.05, 0.1) is 17.0 Å². The van der Waals surface area contributed by atoms with Crippen molar-refractivity contribution in [3.8, 4) is 16.2 Å². The molecule has 0 spiro atoms. The van der Waals surface area contributed by atoms with Gasteiger partial charge in [0.25, 0.3) is 0 Å². The number of methoxy groups -OCH3 is 1. The van der Waals surface area contributed by atoms with E-state index in [9.17, 15) is 4.79 Å². The van der Waals surface area contributed by atoms with Gasteiger partial charge >= 0.3 is 0 Å². The third-order valence-electron chi connectivity index (χ3n) is 13.4. The highest BCUT2D eigenvalue weighted by atomic mass is 32.1. The SMILES string of the molecule is COc1ccc(C23CCC(CN(C(=O)C4CCC(O[Si](C)(C)C(C)(C)C)CC4)c4cccc(-c5cnc(C6CC6)s5)c4)(CC2)CC3)cc1C. The molecule has 3 aromatic rings. The van der Waals surface area contributed by atoms with Gasteiger partial charge in [-0.15, -0.1) is 11.3 Å². The normalized spacial score (nSPS) is 27.2. The molecule has 5 aliphatic rings. The summed E-state index contributed by atoms with van der Waals surface area (Å²) in [6.45, 7) is 14.6. The summed E-state index contributed by atoms with van der Waals surface area (Å²) in [6, 6.07) is 15.7. The molecule has 0 N–H and O–H groups in total. The van der Waals surface area contributed by atoms with Crippen molar-refractivity contribution in [1.29, 1.82) is 0 Å². The molecule has 7 heteroatoms. The number of carbonyl (C=O) groups is 1. The fourth-order valence-electron chi connectivity index (χ4n) is 8.78. The zero-order chi connectivity index (χ0) is 34.6. The second kappa shape index (κ2) is 13.2. The Morgan fingerprint density at radius 1 is 0.959 bits per heavy atom. The molecule has 0 unspecified atom stereocenters. The topological polar surface area (TPSA) is 51.7 Å². The summed E-state index contributed by atoms with van der Waals surface area (Å²) in [4.78, 5) is 23.0. The molecule has 2 aromatic carbocycles. The summed E-state index contributed by atoms with van der Waals surface area (Å²) in [6.07, 6.45) is 15.8. The van der Waals surface area contributed by atoms with E-state index >= 15 is 0 Å². The quantitative estimate of drug-likeness (QED) is 0.198. The number of aryl methyl sites for hydroxylation is 1. The van der Waals surface area contributed by atoms with Crippen molar-refractivity contribution in [2.24, 2.45) is 11.3 Å². The van der Waals surface area contributed by atoms with Crippen LogP contribution in [0.3, 0.4) is 0 Å². The van der Waals surface area contributed by atoms with Crippen molar-refractivity contribution in [1.82, 2.24) is 4.98 Å². The van der Waals surface area contributed by atoms with Crippen molar-refractivity contribution in [2.45, 2.75) is 140 Å². The van der Waals surface area contributed by atoms with Gasteiger partial charge < -0.3 is 14.1 Å². The molecule has 1 heterocycles. The van der Waals surface area contributed by atoms with Crippen LogP contribution in [0.1, 0.15) is 120 Å². The first-order valence-electron chi connectivity index (χ1n) is 19.0. The van der Waals surface area contributed by atoms with E-state index in [1.54, 1.807) is 7.11 Å². The van der Waals surface area contributed by atoms with E-state index in [4.69, 9.17) is 14.1 Å². The Morgan fingerprint density at radius 3 is 2.27 bits per heavy atom. The maximum atomic E-state index is 14.8. The molecule has 0 radical (unpaired) electrons. The Kier molecular flexibility index (Phi) is 9.45. The highest BCUT2D eigenvalue weighted by molar-refractivity contribution is 7.15. The lowest BCUT2D eigenvalue weighted by molar-refractivity contribution is -0.124. The van der Waals surface area contributed by atoms with Crippen molar-refractivity contribution in [2.75, 3.05) is 18.6 Å². The summed E-state index contributed by atoms with van der Waals surface area (Å²) in [7, 11) is -0.0806. The van der Waals surface area contributed by atoms with E-state index in [1.807, 2.05) is 11.3 Å². The Labute approximate surface area is 300 Å². The van der Waals surface area contributed by atoms with E-state index in [0.717, 1.165) is 43.7 Å². The van der Waals surface area contributed by atoms with E-state index < -0.39 is 8.32 Å². The van der Waals surface area contributed by atoms with Crippen LogP contribution in [0.4, 0.5) is 5.69 Å². The van der Waals surface area contributed by atoms with Gasteiger partial charge in [0.1, 0.15) is 5.75 Å². The van der Waals surface area contributed by atoms with Crippen LogP contribution in [0.25, 0.3) is 10.4 Å². The molecule has 1 amide bonds. The van der Waals surface area contributed by atoms with Gasteiger partial charge in [-0.25, -0.2) is 4.98 Å². The maximum absolute atomic E-state index is 14.8. The first kappa shape index (κ1) is 34.9. The molecule has 5 nitrogen and oxygen atoms in total. The molecule has 5 aliphatic carbocycles. The summed E-state index contributed by atoms with van der Waals surface area (Å²) < 4.78 is 12.4. The monoisotopic (exact) mass is 698 g/mol. The first-order chi connectivity index (χ1) is 23.3. The van der Waals surface area contributed by atoms with Crippen molar-refractivity contribution in [3.63, 3.8) is 0 Å². The van der Waals surface area contributed by atoms with E-state index in [2.05, 4.69) is 94.4 Å². The lowest BCUT2D eigenvalue weighted by atomic mass is 9.51. The summed E-state index contributed by atoms with van der Waals surface area (Å²) in [5.41, 5.74) is 5.37.